The van der Waals surface area contributed by atoms with Crippen LogP contribution in [0.25, 0.3) is 10.8 Å². The molecule has 0 radical (unpaired) electrons. The van der Waals surface area contributed by atoms with Gasteiger partial charge in [0.1, 0.15) is 11.4 Å². The van der Waals surface area contributed by atoms with Gasteiger partial charge >= 0.3 is 6.03 Å². The van der Waals surface area contributed by atoms with Crippen molar-refractivity contribution in [3.8, 4) is 5.75 Å². The Kier molecular flexibility index (Phi) is 5.88. The van der Waals surface area contributed by atoms with Gasteiger partial charge in [-0.1, -0.05) is 30.3 Å². The van der Waals surface area contributed by atoms with Crippen LogP contribution in [-0.4, -0.2) is 49.1 Å². The van der Waals surface area contributed by atoms with Gasteiger partial charge in [-0.2, -0.15) is 0 Å². The second kappa shape index (κ2) is 8.91. The van der Waals surface area contributed by atoms with Gasteiger partial charge in [-0.05, 0) is 40.6 Å². The van der Waals surface area contributed by atoms with Crippen LogP contribution >= 0.6 is 0 Å². The lowest BCUT2D eigenvalue weighted by molar-refractivity contribution is -0.384. The van der Waals surface area contributed by atoms with Gasteiger partial charge in [-0.25, -0.2) is 4.79 Å². The molecule has 3 aromatic rings. The third kappa shape index (κ3) is 4.53. The highest BCUT2D eigenvalue weighted by Gasteiger charge is 2.25. The molecule has 160 valence electrons. The van der Waals surface area contributed by atoms with Gasteiger partial charge in [0, 0.05) is 38.8 Å². The molecule has 1 saturated heterocycles. The van der Waals surface area contributed by atoms with E-state index in [1.807, 2.05) is 35.2 Å². The van der Waals surface area contributed by atoms with Crippen LogP contribution in [0.15, 0.2) is 60.7 Å². The first-order chi connectivity index (χ1) is 15.0. The maximum absolute atomic E-state index is 12.6. The van der Waals surface area contributed by atoms with E-state index < -0.39 is 0 Å². The molecule has 0 saturated carbocycles. The van der Waals surface area contributed by atoms with E-state index in [0.29, 0.717) is 38.4 Å². The Morgan fingerprint density at radius 2 is 1.74 bits per heavy atom. The van der Waals surface area contributed by atoms with Crippen LogP contribution in [0.3, 0.4) is 0 Å². The number of carbonyl (C=O) groups is 1. The number of fused-ring (bicyclic) bond motifs is 1. The maximum atomic E-state index is 12.6. The minimum Gasteiger partial charge on any atom is -0.497 e. The van der Waals surface area contributed by atoms with Crippen LogP contribution in [0.4, 0.5) is 16.2 Å². The van der Waals surface area contributed by atoms with Crippen molar-refractivity contribution >= 4 is 28.2 Å². The van der Waals surface area contributed by atoms with Crippen molar-refractivity contribution in [2.75, 3.05) is 38.2 Å². The summed E-state index contributed by atoms with van der Waals surface area (Å²) in [6.45, 7) is 2.56. The largest absolute Gasteiger partial charge is 0.497 e. The standard InChI is InChI=1S/C23H24N4O4/c1-31-20-9-8-18-14-17(6-7-19(18)15-20)16-24-23(28)26-12-10-25(11-13-26)21-4-2-3-5-22(21)27(29)30/h2-9,14-15H,10-13,16H2,1H3,(H,24,28). The van der Waals surface area contributed by atoms with Crippen molar-refractivity contribution in [1.82, 2.24) is 10.2 Å². The summed E-state index contributed by atoms with van der Waals surface area (Å²) in [5.41, 5.74) is 1.71. The third-order valence-corrected chi connectivity index (χ3v) is 5.54. The van der Waals surface area contributed by atoms with Crippen LogP contribution in [0.2, 0.25) is 0 Å². The van der Waals surface area contributed by atoms with E-state index in [4.69, 9.17) is 4.74 Å². The number of nitro benzene ring substituents is 1. The molecule has 31 heavy (non-hydrogen) atoms. The average Bonchev–Trinajstić information content (AvgIpc) is 2.82. The molecule has 0 aliphatic carbocycles. The molecular formula is C23H24N4O4. The molecule has 2 amide bonds. The minimum absolute atomic E-state index is 0.0920. The molecule has 1 fully saturated rings. The van der Waals surface area contributed by atoms with Crippen LogP contribution in [0.5, 0.6) is 5.75 Å². The zero-order chi connectivity index (χ0) is 21.8. The molecule has 1 heterocycles. The Morgan fingerprint density at radius 3 is 2.48 bits per heavy atom. The van der Waals surface area contributed by atoms with Crippen molar-refractivity contribution in [3.05, 3.63) is 76.3 Å². The molecule has 0 unspecified atom stereocenters. The van der Waals surface area contributed by atoms with E-state index in [2.05, 4.69) is 11.4 Å². The zero-order valence-electron chi connectivity index (χ0n) is 17.3. The Balaban J connectivity index is 1.33. The van der Waals surface area contributed by atoms with Crippen LogP contribution in [-0.2, 0) is 6.54 Å². The summed E-state index contributed by atoms with van der Waals surface area (Å²) in [7, 11) is 1.64. The number of para-hydroxylation sites is 2. The highest BCUT2D eigenvalue weighted by atomic mass is 16.6. The number of hydrogen-bond acceptors (Lipinski definition) is 5. The number of amides is 2. The smallest absolute Gasteiger partial charge is 0.317 e. The number of piperazine rings is 1. The lowest BCUT2D eigenvalue weighted by Crippen LogP contribution is -2.51. The number of methoxy groups -OCH3 is 1. The molecule has 1 aliphatic rings. The predicted octanol–water partition coefficient (Wildman–Crippen LogP) is 3.79. The number of carbonyl (C=O) groups excluding carboxylic acids is 1. The number of nitrogens with zero attached hydrogens (tertiary/aromatic N) is 3. The first kappa shape index (κ1) is 20.5. The number of nitrogens with one attached hydrogen (secondary N) is 1. The topological polar surface area (TPSA) is 88.0 Å². The molecule has 3 aromatic carbocycles. The Hall–Kier alpha value is -3.81. The normalized spacial score (nSPS) is 13.8. The predicted molar refractivity (Wildman–Crippen MR) is 120 cm³/mol. The van der Waals surface area contributed by atoms with Crippen molar-refractivity contribution in [1.29, 1.82) is 0 Å². The highest BCUT2D eigenvalue weighted by molar-refractivity contribution is 5.84. The molecule has 4 rings (SSSR count). The van der Waals surface area contributed by atoms with E-state index in [1.54, 1.807) is 30.2 Å². The van der Waals surface area contributed by atoms with E-state index in [0.717, 1.165) is 22.1 Å². The lowest BCUT2D eigenvalue weighted by Gasteiger charge is -2.35. The maximum Gasteiger partial charge on any atom is 0.317 e. The van der Waals surface area contributed by atoms with Crippen LogP contribution < -0.4 is 15.0 Å². The van der Waals surface area contributed by atoms with Crippen molar-refractivity contribution < 1.29 is 14.5 Å². The van der Waals surface area contributed by atoms with Crippen LogP contribution in [0, 0.1) is 10.1 Å². The number of hydrogen-bond donors (Lipinski definition) is 1. The number of nitro groups is 1. The molecule has 0 atom stereocenters. The summed E-state index contributed by atoms with van der Waals surface area (Å²) in [5, 5.41) is 16.4. The first-order valence-corrected chi connectivity index (χ1v) is 10.1. The average molecular weight is 420 g/mol. The van der Waals surface area contributed by atoms with E-state index in [-0.39, 0.29) is 16.6 Å². The quantitative estimate of drug-likeness (QED) is 0.501. The van der Waals surface area contributed by atoms with Crippen molar-refractivity contribution in [2.45, 2.75) is 6.54 Å². The summed E-state index contributed by atoms with van der Waals surface area (Å²) in [6, 6.07) is 18.6. The molecule has 0 spiro atoms. The highest BCUT2D eigenvalue weighted by Crippen LogP contribution is 2.28. The molecule has 1 N–H and O–H groups in total. The summed E-state index contributed by atoms with van der Waals surface area (Å²) in [6.07, 6.45) is 0. The number of anilines is 1. The Bertz CT molecular complexity index is 1110. The summed E-state index contributed by atoms with van der Waals surface area (Å²) in [4.78, 5) is 27.2. The number of urea groups is 1. The molecule has 8 heteroatoms. The summed E-state index contributed by atoms with van der Waals surface area (Å²) < 4.78 is 5.25. The number of benzene rings is 3. The molecule has 0 aromatic heterocycles. The van der Waals surface area contributed by atoms with Gasteiger partial charge < -0.3 is 19.9 Å². The fraction of sp³-hybridized carbons (Fsp3) is 0.261. The van der Waals surface area contributed by atoms with E-state index in [1.165, 1.54) is 6.07 Å². The summed E-state index contributed by atoms with van der Waals surface area (Å²) in [5.74, 6) is 0.813. The number of rotatable bonds is 5. The van der Waals surface area contributed by atoms with Gasteiger partial charge in [0.25, 0.3) is 5.69 Å². The Labute approximate surface area is 180 Å². The third-order valence-electron chi connectivity index (χ3n) is 5.54. The second-order valence-electron chi connectivity index (χ2n) is 7.43. The first-order valence-electron chi connectivity index (χ1n) is 10.1. The van der Waals surface area contributed by atoms with Gasteiger partial charge in [0.05, 0.1) is 12.0 Å². The molecule has 1 aliphatic heterocycles. The minimum atomic E-state index is -0.367. The Morgan fingerprint density at radius 1 is 1.03 bits per heavy atom. The monoisotopic (exact) mass is 420 g/mol. The van der Waals surface area contributed by atoms with Crippen LogP contribution in [0.1, 0.15) is 5.56 Å². The molecule has 8 nitrogen and oxygen atoms in total. The van der Waals surface area contributed by atoms with E-state index in [9.17, 15) is 14.9 Å². The summed E-state index contributed by atoms with van der Waals surface area (Å²) >= 11 is 0. The lowest BCUT2D eigenvalue weighted by atomic mass is 10.1. The van der Waals surface area contributed by atoms with E-state index >= 15 is 0 Å². The molecule has 0 bridgehead atoms. The van der Waals surface area contributed by atoms with Gasteiger partial charge in [-0.15, -0.1) is 0 Å². The fourth-order valence-corrected chi connectivity index (χ4v) is 3.84. The second-order valence-corrected chi connectivity index (χ2v) is 7.43. The van der Waals surface area contributed by atoms with Crippen molar-refractivity contribution in [2.24, 2.45) is 0 Å². The number of ether oxygens (including phenoxy) is 1. The zero-order valence-corrected chi connectivity index (χ0v) is 17.3. The fourth-order valence-electron chi connectivity index (χ4n) is 3.84. The van der Waals surface area contributed by atoms with Crippen molar-refractivity contribution in [3.63, 3.8) is 0 Å². The van der Waals surface area contributed by atoms with Gasteiger partial charge in [0.15, 0.2) is 0 Å². The van der Waals surface area contributed by atoms with Gasteiger partial charge in [-0.3, -0.25) is 10.1 Å². The van der Waals surface area contributed by atoms with Gasteiger partial charge in [0.2, 0.25) is 0 Å². The molecular weight excluding hydrogens is 396 g/mol. The SMILES string of the molecule is COc1ccc2cc(CNC(=O)N3CCN(c4ccccc4[N+](=O)[O-])CC3)ccc2c1.